The number of nitrogens with one attached hydrogen (secondary N) is 1. The number of pyridine rings is 1. The van der Waals surface area contributed by atoms with Crippen LogP contribution < -0.4 is 14.8 Å². The summed E-state index contributed by atoms with van der Waals surface area (Å²) >= 11 is 1.73. The molecule has 35 heavy (non-hydrogen) atoms. The number of hydrogen-bond donors (Lipinski definition) is 1. The van der Waals surface area contributed by atoms with E-state index in [0.29, 0.717) is 36.7 Å². The van der Waals surface area contributed by atoms with E-state index in [-0.39, 0.29) is 18.6 Å². The molecule has 0 saturated heterocycles. The van der Waals surface area contributed by atoms with Gasteiger partial charge in [-0.2, -0.15) is 0 Å². The van der Waals surface area contributed by atoms with E-state index in [2.05, 4.69) is 15.7 Å². The number of hydrogen-bond acceptors (Lipinski definition) is 6. The molecule has 6 rings (SSSR count). The highest BCUT2D eigenvalue weighted by atomic mass is 32.1. The van der Waals surface area contributed by atoms with Gasteiger partial charge in [0.05, 0.1) is 5.56 Å². The first kappa shape index (κ1) is 22.1. The van der Waals surface area contributed by atoms with Crippen LogP contribution in [0.25, 0.3) is 0 Å². The third-order valence-corrected chi connectivity index (χ3v) is 8.32. The van der Waals surface area contributed by atoms with Crippen molar-refractivity contribution in [2.45, 2.75) is 52.1 Å². The van der Waals surface area contributed by atoms with E-state index in [1.807, 2.05) is 18.0 Å². The molecule has 0 spiro atoms. The number of thiophene rings is 1. The van der Waals surface area contributed by atoms with Gasteiger partial charge in [0.1, 0.15) is 0 Å². The molecular formula is C27H27N3O4S. The second-order valence-electron chi connectivity index (χ2n) is 9.31. The number of aromatic nitrogens is 1. The van der Waals surface area contributed by atoms with Crippen molar-refractivity contribution in [2.75, 3.05) is 13.3 Å². The van der Waals surface area contributed by atoms with Crippen LogP contribution in [0.4, 0.5) is 0 Å². The summed E-state index contributed by atoms with van der Waals surface area (Å²) in [6.07, 6.45) is 7.13. The Balaban J connectivity index is 1.17. The smallest absolute Gasteiger partial charge is 0.255 e. The van der Waals surface area contributed by atoms with Crippen LogP contribution in [0.2, 0.25) is 0 Å². The van der Waals surface area contributed by atoms with E-state index in [4.69, 9.17) is 9.47 Å². The Hall–Kier alpha value is -3.39. The number of fused-ring (bicyclic) bond motifs is 3. The third kappa shape index (κ3) is 4.05. The highest BCUT2D eigenvalue weighted by Gasteiger charge is 2.28. The van der Waals surface area contributed by atoms with Gasteiger partial charge in [0.25, 0.3) is 11.8 Å². The molecular weight excluding hydrogens is 462 g/mol. The molecule has 8 heteroatoms. The molecule has 4 heterocycles. The molecule has 0 bridgehead atoms. The van der Waals surface area contributed by atoms with E-state index in [1.165, 1.54) is 22.4 Å². The van der Waals surface area contributed by atoms with Crippen LogP contribution >= 0.6 is 11.3 Å². The molecule has 2 amide bonds. The fraction of sp³-hybridized carbons (Fsp3) is 0.370. The Kier molecular flexibility index (Phi) is 5.68. The molecule has 1 aliphatic carbocycles. The number of aryl methyl sites for hydroxylation is 2. The molecule has 0 atom stereocenters. The third-order valence-electron chi connectivity index (χ3n) is 7.24. The van der Waals surface area contributed by atoms with Gasteiger partial charge in [0.15, 0.2) is 11.5 Å². The first-order valence-electron chi connectivity index (χ1n) is 12.1. The largest absolute Gasteiger partial charge is 0.454 e. The Morgan fingerprint density at radius 1 is 1.11 bits per heavy atom. The number of carbonyl (C=O) groups excluding carboxylic acids is 2. The lowest BCUT2D eigenvalue weighted by Crippen LogP contribution is -2.37. The molecule has 3 aromatic rings. The van der Waals surface area contributed by atoms with E-state index < -0.39 is 0 Å². The van der Waals surface area contributed by atoms with Gasteiger partial charge in [-0.1, -0.05) is 0 Å². The number of amides is 2. The predicted octanol–water partition coefficient (Wildman–Crippen LogP) is 4.19. The fourth-order valence-corrected chi connectivity index (χ4v) is 6.40. The lowest BCUT2D eigenvalue weighted by molar-refractivity contribution is 0.0733. The van der Waals surface area contributed by atoms with Crippen molar-refractivity contribution in [3.8, 4) is 11.5 Å². The van der Waals surface area contributed by atoms with Crippen LogP contribution in [0.1, 0.15) is 66.4 Å². The lowest BCUT2D eigenvalue weighted by atomic mass is 9.93. The van der Waals surface area contributed by atoms with E-state index in [1.54, 1.807) is 29.5 Å². The van der Waals surface area contributed by atoms with Crippen molar-refractivity contribution in [3.05, 3.63) is 73.7 Å². The van der Waals surface area contributed by atoms with Gasteiger partial charge in [0.2, 0.25) is 6.79 Å². The maximum absolute atomic E-state index is 13.4. The summed E-state index contributed by atoms with van der Waals surface area (Å²) < 4.78 is 10.7. The Bertz CT molecular complexity index is 1330. The summed E-state index contributed by atoms with van der Waals surface area (Å²) in [5.41, 5.74) is 6.89. The van der Waals surface area contributed by atoms with Crippen LogP contribution in [0, 0.1) is 6.92 Å². The topological polar surface area (TPSA) is 80.8 Å². The van der Waals surface area contributed by atoms with Gasteiger partial charge in [-0.25, -0.2) is 0 Å². The van der Waals surface area contributed by atoms with Crippen molar-refractivity contribution in [2.24, 2.45) is 0 Å². The zero-order valence-electron chi connectivity index (χ0n) is 19.7. The number of carbonyl (C=O) groups is 2. The SMILES string of the molecule is Cc1ncc2c(c1CNC(=O)c1ccc3c(c1)OCO3)CCN(C(=O)c1csc3c1CCCC3)C2. The molecule has 7 nitrogen and oxygen atoms in total. The van der Waals surface area contributed by atoms with Crippen molar-refractivity contribution in [1.29, 1.82) is 0 Å². The van der Waals surface area contributed by atoms with Crippen molar-refractivity contribution < 1.29 is 19.1 Å². The standard InChI is InChI=1S/C27H27N3O4S/c1-16-21(12-29-26(31)17-6-7-23-24(10-17)34-15-33-23)19-8-9-30(13-18(19)11-28-16)27(32)22-14-35-25-5-3-2-4-20(22)25/h6-7,10-11,14H,2-5,8-9,12-13,15H2,1H3,(H,29,31). The first-order chi connectivity index (χ1) is 17.1. The maximum Gasteiger partial charge on any atom is 0.255 e. The highest BCUT2D eigenvalue weighted by Crippen LogP contribution is 2.34. The van der Waals surface area contributed by atoms with E-state index in [0.717, 1.165) is 48.1 Å². The summed E-state index contributed by atoms with van der Waals surface area (Å²) in [5.74, 6) is 1.20. The molecule has 2 aromatic heterocycles. The number of nitrogens with zero attached hydrogens (tertiary/aromatic N) is 2. The summed E-state index contributed by atoms with van der Waals surface area (Å²) in [6.45, 7) is 3.76. The van der Waals surface area contributed by atoms with Crippen molar-refractivity contribution in [3.63, 3.8) is 0 Å². The minimum atomic E-state index is -0.171. The molecule has 0 radical (unpaired) electrons. The molecule has 180 valence electrons. The molecule has 0 fully saturated rings. The first-order valence-corrected chi connectivity index (χ1v) is 13.0. The second kappa shape index (κ2) is 9.00. The van der Waals surface area contributed by atoms with Crippen LogP contribution in [-0.4, -0.2) is 35.0 Å². The van der Waals surface area contributed by atoms with Crippen LogP contribution in [0.3, 0.4) is 0 Å². The van der Waals surface area contributed by atoms with Gasteiger partial charge in [-0.3, -0.25) is 14.6 Å². The molecule has 0 saturated carbocycles. The molecule has 0 unspecified atom stereocenters. The summed E-state index contributed by atoms with van der Waals surface area (Å²) in [6, 6.07) is 5.20. The lowest BCUT2D eigenvalue weighted by Gasteiger charge is -2.31. The number of ether oxygens (including phenoxy) is 2. The van der Waals surface area contributed by atoms with Gasteiger partial charge < -0.3 is 19.7 Å². The maximum atomic E-state index is 13.4. The minimum Gasteiger partial charge on any atom is -0.454 e. The molecule has 1 aromatic carbocycles. The van der Waals surface area contributed by atoms with Crippen LogP contribution in [0.5, 0.6) is 11.5 Å². The van der Waals surface area contributed by atoms with Crippen molar-refractivity contribution >= 4 is 23.2 Å². The monoisotopic (exact) mass is 489 g/mol. The van der Waals surface area contributed by atoms with Crippen molar-refractivity contribution in [1.82, 2.24) is 15.2 Å². The quantitative estimate of drug-likeness (QED) is 0.595. The van der Waals surface area contributed by atoms with Gasteiger partial charge in [0, 0.05) is 47.3 Å². The summed E-state index contributed by atoms with van der Waals surface area (Å²) in [7, 11) is 0. The van der Waals surface area contributed by atoms with Crippen LogP contribution in [0.15, 0.2) is 29.8 Å². The van der Waals surface area contributed by atoms with Crippen LogP contribution in [-0.2, 0) is 32.4 Å². The van der Waals surface area contributed by atoms with Gasteiger partial charge in [-0.15, -0.1) is 11.3 Å². The van der Waals surface area contributed by atoms with E-state index >= 15 is 0 Å². The number of rotatable bonds is 4. The average molecular weight is 490 g/mol. The minimum absolute atomic E-state index is 0.133. The highest BCUT2D eigenvalue weighted by molar-refractivity contribution is 7.10. The summed E-state index contributed by atoms with van der Waals surface area (Å²) in [4.78, 5) is 34.1. The molecule has 1 N–H and O–H groups in total. The Morgan fingerprint density at radius 3 is 2.89 bits per heavy atom. The average Bonchev–Trinajstić information content (AvgIpc) is 3.54. The second-order valence-corrected chi connectivity index (χ2v) is 10.3. The summed E-state index contributed by atoms with van der Waals surface area (Å²) in [5, 5.41) is 5.09. The zero-order chi connectivity index (χ0) is 23.9. The van der Waals surface area contributed by atoms with E-state index in [9.17, 15) is 9.59 Å². The molecule has 3 aliphatic rings. The van der Waals surface area contributed by atoms with Gasteiger partial charge >= 0.3 is 0 Å². The molecule has 2 aliphatic heterocycles. The Labute approximate surface area is 208 Å². The predicted molar refractivity (Wildman–Crippen MR) is 132 cm³/mol. The fourth-order valence-electron chi connectivity index (χ4n) is 5.28. The Morgan fingerprint density at radius 2 is 1.97 bits per heavy atom. The van der Waals surface area contributed by atoms with Gasteiger partial charge in [-0.05, 0) is 79.5 Å². The number of benzene rings is 1. The zero-order valence-corrected chi connectivity index (χ0v) is 20.5. The normalized spacial score (nSPS) is 16.0.